The highest BCUT2D eigenvalue weighted by atomic mass is 32.1. The van der Waals surface area contributed by atoms with Crippen LogP contribution < -0.4 is 10.6 Å². The number of nitrogens with zero attached hydrogens (tertiary/aromatic N) is 2. The van der Waals surface area contributed by atoms with Crippen molar-refractivity contribution in [1.29, 1.82) is 0 Å². The van der Waals surface area contributed by atoms with Gasteiger partial charge in [-0.05, 0) is 42.7 Å². The number of aromatic nitrogens is 1. The molecule has 1 aliphatic heterocycles. The quantitative estimate of drug-likeness (QED) is 0.655. The van der Waals surface area contributed by atoms with Crippen molar-refractivity contribution >= 4 is 32.4 Å². The number of aryl methyl sites for hydroxylation is 1. The maximum atomic E-state index is 4.90. The Labute approximate surface area is 161 Å². The molecule has 0 unspecified atom stereocenters. The summed E-state index contributed by atoms with van der Waals surface area (Å²) in [6.07, 6.45) is 4.52. The summed E-state index contributed by atoms with van der Waals surface area (Å²) in [5.41, 5.74) is 4.06. The maximum absolute atomic E-state index is 4.90. The second-order valence-electron chi connectivity index (χ2n) is 7.97. The Kier molecular flexibility index (Phi) is 5.76. The Bertz CT molecular complexity index is 768. The van der Waals surface area contributed by atoms with E-state index in [4.69, 9.17) is 4.98 Å². The van der Waals surface area contributed by atoms with E-state index < -0.39 is 0 Å². The summed E-state index contributed by atoms with van der Waals surface area (Å²) >= 11 is 1.72. The number of fused-ring (bicyclic) bond motifs is 1. The normalized spacial score (nSPS) is 16.7. The highest BCUT2D eigenvalue weighted by molar-refractivity contribution is 7.22. The van der Waals surface area contributed by atoms with Gasteiger partial charge < -0.3 is 15.5 Å². The summed E-state index contributed by atoms with van der Waals surface area (Å²) in [5, 5.41) is 7.95. The van der Waals surface area contributed by atoms with E-state index in [1.165, 1.54) is 28.8 Å². The Morgan fingerprint density at radius 1 is 1.27 bits per heavy atom. The lowest BCUT2D eigenvalue weighted by Crippen LogP contribution is -2.38. The van der Waals surface area contributed by atoms with Crippen LogP contribution in [-0.4, -0.2) is 29.5 Å². The van der Waals surface area contributed by atoms with Crippen molar-refractivity contribution in [3.8, 4) is 0 Å². The van der Waals surface area contributed by atoms with Crippen LogP contribution in [0.2, 0.25) is 0 Å². The molecule has 2 N–H and O–H groups in total. The average Bonchev–Trinajstić information content (AvgIpc) is 3.03. The molecule has 0 aliphatic carbocycles. The van der Waals surface area contributed by atoms with Gasteiger partial charge in [0.05, 0.1) is 15.9 Å². The molecule has 0 saturated carbocycles. The minimum absolute atomic E-state index is 0.447. The zero-order valence-electron chi connectivity index (χ0n) is 16.6. The van der Waals surface area contributed by atoms with Gasteiger partial charge in [0.15, 0.2) is 5.13 Å². The number of rotatable bonds is 7. The lowest BCUT2D eigenvalue weighted by molar-refractivity contribution is 0.164. The molecule has 0 bridgehead atoms. The molecule has 3 rings (SSSR count). The number of anilines is 2. The molecule has 1 aliphatic rings. The minimum Gasteiger partial charge on any atom is -0.384 e. The third-order valence-electron chi connectivity index (χ3n) is 5.32. The summed E-state index contributed by atoms with van der Waals surface area (Å²) in [4.78, 5) is 7.25. The van der Waals surface area contributed by atoms with Gasteiger partial charge in [-0.2, -0.15) is 0 Å². The fourth-order valence-electron chi connectivity index (χ4n) is 3.38. The summed E-state index contributed by atoms with van der Waals surface area (Å²) in [6.45, 7) is 16.5. The first-order valence-electron chi connectivity index (χ1n) is 9.80. The van der Waals surface area contributed by atoms with Crippen molar-refractivity contribution in [2.45, 2.75) is 53.4 Å². The number of nitrogens with one attached hydrogen (secondary N) is 2. The Hall–Kier alpha value is -1.75. The van der Waals surface area contributed by atoms with Crippen molar-refractivity contribution in [3.05, 3.63) is 30.1 Å². The SMILES string of the molecule is C=C(Nc1nc2c(CC)ccc(NCCC)c2s1)N1CCC(C)(C)CC1. The number of likely N-dealkylation sites (tertiary alicyclic amines) is 1. The molecular weight excluding hydrogens is 340 g/mol. The molecule has 1 saturated heterocycles. The Balaban J connectivity index is 1.78. The molecule has 1 fully saturated rings. The summed E-state index contributed by atoms with van der Waals surface area (Å²) in [5.74, 6) is 0.973. The monoisotopic (exact) mass is 372 g/mol. The molecular formula is C21H32N4S. The molecule has 5 heteroatoms. The molecule has 0 spiro atoms. The molecule has 2 aromatic rings. The van der Waals surface area contributed by atoms with Crippen LogP contribution in [0.5, 0.6) is 0 Å². The van der Waals surface area contributed by atoms with Crippen LogP contribution >= 0.6 is 11.3 Å². The Morgan fingerprint density at radius 2 is 2.00 bits per heavy atom. The average molecular weight is 373 g/mol. The topological polar surface area (TPSA) is 40.2 Å². The first-order chi connectivity index (χ1) is 12.4. The van der Waals surface area contributed by atoms with Gasteiger partial charge in [0.2, 0.25) is 0 Å². The molecule has 0 radical (unpaired) electrons. The van der Waals surface area contributed by atoms with Crippen LogP contribution in [0, 0.1) is 5.41 Å². The zero-order chi connectivity index (χ0) is 18.7. The van der Waals surface area contributed by atoms with E-state index >= 15 is 0 Å². The van der Waals surface area contributed by atoms with Crippen molar-refractivity contribution in [2.24, 2.45) is 5.41 Å². The summed E-state index contributed by atoms with van der Waals surface area (Å²) in [6, 6.07) is 4.39. The van der Waals surface area contributed by atoms with E-state index in [9.17, 15) is 0 Å². The summed E-state index contributed by atoms with van der Waals surface area (Å²) < 4.78 is 1.24. The standard InChI is InChI=1S/C21H32N4S/c1-6-12-22-17-9-8-16(7-2)18-19(17)26-20(24-18)23-15(3)25-13-10-21(4,5)11-14-25/h8-9,22H,3,6-7,10-14H2,1-2,4-5H3,(H,23,24). The van der Waals surface area contributed by atoms with Gasteiger partial charge >= 0.3 is 0 Å². The Morgan fingerprint density at radius 3 is 2.65 bits per heavy atom. The van der Waals surface area contributed by atoms with E-state index in [2.05, 4.69) is 61.9 Å². The minimum atomic E-state index is 0.447. The third kappa shape index (κ3) is 4.14. The molecule has 4 nitrogen and oxygen atoms in total. The number of hydrogen-bond acceptors (Lipinski definition) is 5. The number of benzene rings is 1. The van der Waals surface area contributed by atoms with Crippen LogP contribution in [0.3, 0.4) is 0 Å². The van der Waals surface area contributed by atoms with E-state index in [1.807, 2.05) is 0 Å². The smallest absolute Gasteiger partial charge is 0.189 e. The lowest BCUT2D eigenvalue weighted by Gasteiger charge is -2.38. The maximum Gasteiger partial charge on any atom is 0.189 e. The predicted octanol–water partition coefficient (Wildman–Crippen LogP) is 5.69. The highest BCUT2D eigenvalue weighted by Crippen LogP contribution is 2.36. The second kappa shape index (κ2) is 7.87. The van der Waals surface area contributed by atoms with Crippen LogP contribution in [0.4, 0.5) is 10.8 Å². The second-order valence-corrected chi connectivity index (χ2v) is 8.97. The molecule has 26 heavy (non-hydrogen) atoms. The van der Waals surface area contributed by atoms with Crippen molar-refractivity contribution in [3.63, 3.8) is 0 Å². The van der Waals surface area contributed by atoms with Gasteiger partial charge in [-0.3, -0.25) is 0 Å². The van der Waals surface area contributed by atoms with E-state index in [0.29, 0.717) is 5.41 Å². The molecule has 142 valence electrons. The number of hydrogen-bond donors (Lipinski definition) is 2. The van der Waals surface area contributed by atoms with Gasteiger partial charge in [-0.15, -0.1) is 0 Å². The highest BCUT2D eigenvalue weighted by Gasteiger charge is 2.26. The first-order valence-corrected chi connectivity index (χ1v) is 10.6. The van der Waals surface area contributed by atoms with E-state index in [1.54, 1.807) is 11.3 Å². The van der Waals surface area contributed by atoms with Crippen LogP contribution in [-0.2, 0) is 6.42 Å². The van der Waals surface area contributed by atoms with Crippen LogP contribution in [0.1, 0.15) is 52.5 Å². The van der Waals surface area contributed by atoms with Gasteiger partial charge in [0.25, 0.3) is 0 Å². The molecule has 1 aromatic heterocycles. The fraction of sp³-hybridized carbons (Fsp3) is 0.571. The number of thiazole rings is 1. The molecule has 0 atom stereocenters. The predicted molar refractivity (Wildman–Crippen MR) is 115 cm³/mol. The van der Waals surface area contributed by atoms with E-state index in [-0.39, 0.29) is 0 Å². The largest absolute Gasteiger partial charge is 0.384 e. The summed E-state index contributed by atoms with van der Waals surface area (Å²) in [7, 11) is 0. The number of piperidine rings is 1. The van der Waals surface area contributed by atoms with Crippen LogP contribution in [0.15, 0.2) is 24.5 Å². The van der Waals surface area contributed by atoms with Gasteiger partial charge in [-0.1, -0.05) is 51.7 Å². The fourth-order valence-corrected chi connectivity index (χ4v) is 4.40. The molecule has 1 aromatic carbocycles. The van der Waals surface area contributed by atoms with Gasteiger partial charge in [0.1, 0.15) is 5.82 Å². The van der Waals surface area contributed by atoms with Gasteiger partial charge in [-0.25, -0.2) is 4.98 Å². The zero-order valence-corrected chi connectivity index (χ0v) is 17.4. The van der Waals surface area contributed by atoms with Crippen molar-refractivity contribution in [1.82, 2.24) is 9.88 Å². The van der Waals surface area contributed by atoms with Crippen molar-refractivity contribution < 1.29 is 0 Å². The molecule has 0 amide bonds. The third-order valence-corrected chi connectivity index (χ3v) is 6.33. The lowest BCUT2D eigenvalue weighted by atomic mass is 9.83. The van der Waals surface area contributed by atoms with E-state index in [0.717, 1.165) is 48.9 Å². The molecule has 2 heterocycles. The van der Waals surface area contributed by atoms with Gasteiger partial charge in [0, 0.05) is 19.6 Å². The van der Waals surface area contributed by atoms with Crippen molar-refractivity contribution in [2.75, 3.05) is 30.3 Å². The first kappa shape index (κ1) is 19.0. The van der Waals surface area contributed by atoms with Crippen LogP contribution in [0.25, 0.3) is 10.2 Å².